The lowest BCUT2D eigenvalue weighted by Crippen LogP contribution is -2.50. The zero-order valence-corrected chi connectivity index (χ0v) is 12.8. The van der Waals surface area contributed by atoms with Crippen molar-refractivity contribution in [3.8, 4) is 0 Å². The minimum atomic E-state index is 0. The van der Waals surface area contributed by atoms with Gasteiger partial charge in [0, 0.05) is 35.4 Å². The summed E-state index contributed by atoms with van der Waals surface area (Å²) in [6, 6.07) is 1.74. The topological polar surface area (TPSA) is 41.1 Å². The first kappa shape index (κ1) is 14.8. The maximum atomic E-state index is 12.1. The fourth-order valence-electron chi connectivity index (χ4n) is 3.11. The van der Waals surface area contributed by atoms with Gasteiger partial charge in [-0.15, -0.1) is 24.2 Å². The number of thioether (sulfide) groups is 2. The van der Waals surface area contributed by atoms with Gasteiger partial charge in [-0.3, -0.25) is 4.79 Å². The van der Waals surface area contributed by atoms with Crippen LogP contribution in [-0.4, -0.2) is 46.5 Å². The van der Waals surface area contributed by atoms with Gasteiger partial charge < -0.3 is 10.6 Å². The van der Waals surface area contributed by atoms with Crippen LogP contribution in [0.25, 0.3) is 0 Å². The molecule has 0 aromatic rings. The quantitative estimate of drug-likeness (QED) is 0.814. The van der Waals surface area contributed by atoms with E-state index in [9.17, 15) is 4.79 Å². The number of piperidine rings is 1. The predicted octanol–water partition coefficient (Wildman–Crippen LogP) is 1.66. The second-order valence-electron chi connectivity index (χ2n) is 5.25. The number of fused-ring (bicyclic) bond motifs is 2. The molecule has 3 atom stereocenters. The smallest absolute Gasteiger partial charge is 0.234 e. The van der Waals surface area contributed by atoms with Crippen molar-refractivity contribution in [1.82, 2.24) is 10.6 Å². The summed E-state index contributed by atoms with van der Waals surface area (Å²) >= 11 is 3.74. The standard InChI is InChI=1S/C12H20N2OS2.ClH/c15-12(11-7-16-3-4-17-11)14-10-5-8-1-2-9(6-10)13-8;/h8-11,13H,1-7H2,(H,14,15);1H. The van der Waals surface area contributed by atoms with Crippen molar-refractivity contribution >= 4 is 41.8 Å². The van der Waals surface area contributed by atoms with Crippen molar-refractivity contribution in [3.05, 3.63) is 0 Å². The summed E-state index contributed by atoms with van der Waals surface area (Å²) in [6.45, 7) is 0. The molecule has 18 heavy (non-hydrogen) atoms. The van der Waals surface area contributed by atoms with E-state index in [0.29, 0.717) is 18.1 Å². The van der Waals surface area contributed by atoms with Gasteiger partial charge in [0.1, 0.15) is 0 Å². The molecule has 6 heteroatoms. The average Bonchev–Trinajstić information content (AvgIpc) is 2.70. The highest BCUT2D eigenvalue weighted by Crippen LogP contribution is 2.28. The Morgan fingerprint density at radius 1 is 1.17 bits per heavy atom. The molecule has 3 saturated heterocycles. The second kappa shape index (κ2) is 6.73. The van der Waals surface area contributed by atoms with Crippen molar-refractivity contribution in [1.29, 1.82) is 0 Å². The average molecular weight is 309 g/mol. The van der Waals surface area contributed by atoms with Gasteiger partial charge in [0.15, 0.2) is 0 Å². The van der Waals surface area contributed by atoms with E-state index in [1.807, 2.05) is 23.5 Å². The summed E-state index contributed by atoms with van der Waals surface area (Å²) in [4.78, 5) is 12.1. The molecule has 3 fully saturated rings. The molecular weight excluding hydrogens is 288 g/mol. The van der Waals surface area contributed by atoms with Gasteiger partial charge in [-0.1, -0.05) is 0 Å². The molecule has 0 aromatic carbocycles. The number of carbonyl (C=O) groups excluding carboxylic acids is 1. The third kappa shape index (κ3) is 3.50. The number of hydrogen-bond acceptors (Lipinski definition) is 4. The van der Waals surface area contributed by atoms with Crippen molar-refractivity contribution in [3.63, 3.8) is 0 Å². The number of amides is 1. The van der Waals surface area contributed by atoms with Crippen LogP contribution in [0.4, 0.5) is 0 Å². The van der Waals surface area contributed by atoms with E-state index >= 15 is 0 Å². The van der Waals surface area contributed by atoms with E-state index in [-0.39, 0.29) is 23.6 Å². The van der Waals surface area contributed by atoms with Crippen molar-refractivity contribution < 1.29 is 4.79 Å². The van der Waals surface area contributed by atoms with Gasteiger partial charge >= 0.3 is 0 Å². The van der Waals surface area contributed by atoms with Crippen molar-refractivity contribution in [2.45, 2.75) is 49.1 Å². The Balaban J connectivity index is 0.00000120. The summed E-state index contributed by atoms with van der Waals surface area (Å²) in [5, 5.41) is 7.08. The Labute approximate surface area is 123 Å². The van der Waals surface area contributed by atoms with E-state index < -0.39 is 0 Å². The minimum absolute atomic E-state index is 0. The van der Waals surface area contributed by atoms with Crippen LogP contribution >= 0.6 is 35.9 Å². The van der Waals surface area contributed by atoms with Crippen LogP contribution in [0.5, 0.6) is 0 Å². The molecule has 2 bridgehead atoms. The highest BCUT2D eigenvalue weighted by Gasteiger charge is 2.35. The second-order valence-corrected chi connectivity index (χ2v) is 7.71. The lowest BCUT2D eigenvalue weighted by molar-refractivity contribution is -0.121. The van der Waals surface area contributed by atoms with E-state index in [4.69, 9.17) is 0 Å². The zero-order chi connectivity index (χ0) is 11.7. The first-order chi connectivity index (χ1) is 8.31. The lowest BCUT2D eigenvalue weighted by atomic mass is 10.00. The fourth-order valence-corrected chi connectivity index (χ4v) is 5.67. The molecule has 104 valence electrons. The molecule has 0 aromatic heterocycles. The molecule has 0 saturated carbocycles. The van der Waals surface area contributed by atoms with E-state index in [2.05, 4.69) is 10.6 Å². The fraction of sp³-hybridized carbons (Fsp3) is 0.917. The molecule has 0 radical (unpaired) electrons. The predicted molar refractivity (Wildman–Crippen MR) is 81.9 cm³/mol. The number of halogens is 1. The molecule has 1 amide bonds. The third-order valence-electron chi connectivity index (χ3n) is 3.93. The van der Waals surface area contributed by atoms with Crippen molar-refractivity contribution in [2.75, 3.05) is 17.3 Å². The Kier molecular flexibility index (Phi) is 5.54. The first-order valence-electron chi connectivity index (χ1n) is 6.57. The maximum Gasteiger partial charge on any atom is 0.234 e. The highest BCUT2D eigenvalue weighted by atomic mass is 35.5. The number of rotatable bonds is 2. The maximum absolute atomic E-state index is 12.1. The van der Waals surface area contributed by atoms with Gasteiger partial charge in [-0.2, -0.15) is 11.8 Å². The van der Waals surface area contributed by atoms with E-state index in [1.165, 1.54) is 18.6 Å². The summed E-state index contributed by atoms with van der Waals surface area (Å²) in [7, 11) is 0. The van der Waals surface area contributed by atoms with Gasteiger partial charge in [0.25, 0.3) is 0 Å². The van der Waals surface area contributed by atoms with Crippen LogP contribution in [0.15, 0.2) is 0 Å². The molecule has 3 unspecified atom stereocenters. The Morgan fingerprint density at radius 3 is 2.50 bits per heavy atom. The van der Waals surface area contributed by atoms with Gasteiger partial charge in [-0.25, -0.2) is 0 Å². The first-order valence-corrected chi connectivity index (χ1v) is 8.77. The van der Waals surface area contributed by atoms with Crippen LogP contribution < -0.4 is 10.6 Å². The zero-order valence-electron chi connectivity index (χ0n) is 10.4. The molecule has 0 aliphatic carbocycles. The molecule has 2 N–H and O–H groups in total. The Morgan fingerprint density at radius 2 is 1.89 bits per heavy atom. The molecule has 3 nitrogen and oxygen atoms in total. The molecule has 3 rings (SSSR count). The molecule has 0 spiro atoms. The number of nitrogens with one attached hydrogen (secondary N) is 2. The van der Waals surface area contributed by atoms with Crippen molar-refractivity contribution in [2.24, 2.45) is 0 Å². The molecular formula is C12H21ClN2OS2. The lowest BCUT2D eigenvalue weighted by Gasteiger charge is -2.31. The monoisotopic (exact) mass is 308 g/mol. The Hall–Kier alpha value is 0.420. The van der Waals surface area contributed by atoms with E-state index in [0.717, 1.165) is 24.3 Å². The highest BCUT2D eigenvalue weighted by molar-refractivity contribution is 8.07. The largest absolute Gasteiger partial charge is 0.352 e. The summed E-state index contributed by atoms with van der Waals surface area (Å²) < 4.78 is 0. The van der Waals surface area contributed by atoms with Gasteiger partial charge in [0.05, 0.1) is 5.25 Å². The number of hydrogen-bond donors (Lipinski definition) is 2. The van der Waals surface area contributed by atoms with E-state index in [1.54, 1.807) is 0 Å². The molecule has 3 heterocycles. The SMILES string of the molecule is Cl.O=C(NC1CC2CCC(C1)N2)C1CSCCS1. The van der Waals surface area contributed by atoms with Gasteiger partial charge in [0.2, 0.25) is 5.91 Å². The minimum Gasteiger partial charge on any atom is -0.352 e. The van der Waals surface area contributed by atoms with Crippen LogP contribution in [0.2, 0.25) is 0 Å². The van der Waals surface area contributed by atoms with Crippen LogP contribution in [0.3, 0.4) is 0 Å². The number of carbonyl (C=O) groups is 1. The third-order valence-corrected chi connectivity index (χ3v) is 6.68. The summed E-state index contributed by atoms with van der Waals surface area (Å²) in [6.07, 6.45) is 4.86. The molecule has 3 aliphatic rings. The van der Waals surface area contributed by atoms with Crippen LogP contribution in [0.1, 0.15) is 25.7 Å². The summed E-state index contributed by atoms with van der Waals surface area (Å²) in [5.41, 5.74) is 0. The Bertz CT molecular complexity index is 288. The normalized spacial score (nSPS) is 38.9. The van der Waals surface area contributed by atoms with Crippen LogP contribution in [-0.2, 0) is 4.79 Å². The van der Waals surface area contributed by atoms with Crippen LogP contribution in [0, 0.1) is 0 Å². The summed E-state index contributed by atoms with van der Waals surface area (Å²) in [5.74, 6) is 3.61. The molecule has 3 aliphatic heterocycles. The van der Waals surface area contributed by atoms with Gasteiger partial charge in [-0.05, 0) is 25.7 Å².